The van der Waals surface area contributed by atoms with Crippen molar-refractivity contribution in [3.05, 3.63) is 86.9 Å². The summed E-state index contributed by atoms with van der Waals surface area (Å²) in [6, 6.07) is 15.1. The van der Waals surface area contributed by atoms with Crippen LogP contribution in [-0.2, 0) is 0 Å². The molecule has 27 heavy (non-hydrogen) atoms. The second kappa shape index (κ2) is 6.63. The molecule has 2 heterocycles. The average Bonchev–Trinajstić information content (AvgIpc) is 2.65. The van der Waals surface area contributed by atoms with Crippen molar-refractivity contribution in [3.63, 3.8) is 0 Å². The Kier molecular flexibility index (Phi) is 4.28. The molecular weight excluding hydrogens is 358 g/mol. The molecule has 2 aromatic heterocycles. The maximum Gasteiger partial charge on any atom is 0.279 e. The van der Waals surface area contributed by atoms with Gasteiger partial charge in [0, 0.05) is 27.9 Å². The second-order valence-electron chi connectivity index (χ2n) is 6.71. The molecule has 134 valence electrons. The number of fused-ring (bicyclic) bond motifs is 1. The first kappa shape index (κ1) is 17.4. The van der Waals surface area contributed by atoms with Crippen molar-refractivity contribution in [2.75, 3.05) is 0 Å². The van der Waals surface area contributed by atoms with Crippen molar-refractivity contribution in [3.8, 4) is 16.9 Å². The van der Waals surface area contributed by atoms with Crippen LogP contribution in [0.15, 0.2) is 59.5 Å². The number of hydrogen-bond acceptors (Lipinski definition) is 3. The fraction of sp³-hybridized carbons (Fsp3) is 0.136. The molecule has 5 heteroatoms. The first-order valence-corrected chi connectivity index (χ1v) is 9.05. The van der Waals surface area contributed by atoms with Crippen LogP contribution in [0, 0.1) is 20.8 Å². The molecule has 0 radical (unpaired) electrons. The van der Waals surface area contributed by atoms with E-state index in [0.717, 1.165) is 33.5 Å². The van der Waals surface area contributed by atoms with E-state index in [9.17, 15) is 4.79 Å². The zero-order valence-corrected chi connectivity index (χ0v) is 16.1. The third kappa shape index (κ3) is 3.13. The van der Waals surface area contributed by atoms with Crippen molar-refractivity contribution in [1.82, 2.24) is 14.8 Å². The number of nitrogens with zero attached hydrogens (tertiary/aromatic N) is 3. The van der Waals surface area contributed by atoms with Gasteiger partial charge >= 0.3 is 0 Å². The summed E-state index contributed by atoms with van der Waals surface area (Å²) in [6.07, 6.45) is 1.69. The lowest BCUT2D eigenvalue weighted by molar-refractivity contribution is 0.822. The minimum absolute atomic E-state index is 0.142. The Balaban J connectivity index is 2.11. The minimum Gasteiger partial charge on any atom is -0.267 e. The first-order chi connectivity index (χ1) is 12.9. The van der Waals surface area contributed by atoms with Crippen molar-refractivity contribution in [1.29, 1.82) is 0 Å². The molecule has 2 aromatic carbocycles. The summed E-state index contributed by atoms with van der Waals surface area (Å²) >= 11 is 6.05. The molecule has 4 rings (SSSR count). The van der Waals surface area contributed by atoms with Crippen LogP contribution in [-0.4, -0.2) is 14.8 Å². The number of halogens is 1. The highest BCUT2D eigenvalue weighted by molar-refractivity contribution is 6.30. The van der Waals surface area contributed by atoms with E-state index in [1.165, 1.54) is 4.68 Å². The van der Waals surface area contributed by atoms with Gasteiger partial charge in [-0.3, -0.25) is 9.78 Å². The largest absolute Gasteiger partial charge is 0.279 e. The van der Waals surface area contributed by atoms with Crippen LogP contribution in [0.1, 0.15) is 16.8 Å². The lowest BCUT2D eigenvalue weighted by atomic mass is 10.00. The molecule has 0 spiro atoms. The van der Waals surface area contributed by atoms with Crippen molar-refractivity contribution < 1.29 is 0 Å². The second-order valence-corrected chi connectivity index (χ2v) is 7.15. The SMILES string of the molecule is Cc1cc(-n2nc(-c3ccc(Cl)cc3)c3cc(C)c(C)cc3c2=O)ccn1. The van der Waals surface area contributed by atoms with Crippen LogP contribution in [0.25, 0.3) is 27.7 Å². The monoisotopic (exact) mass is 375 g/mol. The third-order valence-electron chi connectivity index (χ3n) is 4.75. The van der Waals surface area contributed by atoms with Gasteiger partial charge in [0.15, 0.2) is 0 Å². The molecule has 4 nitrogen and oxygen atoms in total. The van der Waals surface area contributed by atoms with E-state index < -0.39 is 0 Å². The van der Waals surface area contributed by atoms with Crippen molar-refractivity contribution in [2.24, 2.45) is 0 Å². The maximum atomic E-state index is 13.2. The average molecular weight is 376 g/mol. The zero-order valence-electron chi connectivity index (χ0n) is 15.3. The summed E-state index contributed by atoms with van der Waals surface area (Å²) in [5.74, 6) is 0. The number of aryl methyl sites for hydroxylation is 3. The van der Waals surface area contributed by atoms with Crippen molar-refractivity contribution in [2.45, 2.75) is 20.8 Å². The fourth-order valence-electron chi connectivity index (χ4n) is 3.16. The molecule has 0 unspecified atom stereocenters. The molecule has 4 aromatic rings. The number of rotatable bonds is 2. The minimum atomic E-state index is -0.142. The fourth-order valence-corrected chi connectivity index (χ4v) is 3.29. The van der Waals surface area contributed by atoms with Crippen LogP contribution in [0.2, 0.25) is 5.02 Å². The van der Waals surface area contributed by atoms with Crippen LogP contribution < -0.4 is 5.56 Å². The van der Waals surface area contributed by atoms with Crippen molar-refractivity contribution >= 4 is 22.4 Å². The normalized spacial score (nSPS) is 11.1. The number of benzene rings is 2. The molecule has 0 N–H and O–H groups in total. The van der Waals surface area contributed by atoms with E-state index in [1.807, 2.05) is 63.2 Å². The molecule has 0 aliphatic heterocycles. The van der Waals surface area contributed by atoms with Crippen LogP contribution in [0.5, 0.6) is 0 Å². The van der Waals surface area contributed by atoms with E-state index in [-0.39, 0.29) is 5.56 Å². The Bertz CT molecular complexity index is 1230. The number of aromatic nitrogens is 3. The van der Waals surface area contributed by atoms with Crippen LogP contribution in [0.4, 0.5) is 0 Å². The molecule has 0 fully saturated rings. The van der Waals surface area contributed by atoms with E-state index in [4.69, 9.17) is 16.7 Å². The summed E-state index contributed by atoms with van der Waals surface area (Å²) < 4.78 is 1.45. The summed E-state index contributed by atoms with van der Waals surface area (Å²) in [4.78, 5) is 17.4. The Hall–Kier alpha value is -2.98. The molecule has 0 amide bonds. The summed E-state index contributed by atoms with van der Waals surface area (Å²) in [5.41, 5.74) is 5.24. The smallest absolute Gasteiger partial charge is 0.267 e. The predicted octanol–water partition coefficient (Wildman–Crippen LogP) is 5.03. The standard InChI is InChI=1S/C22H18ClN3O/c1-13-10-19-20(11-14(13)2)22(27)26(18-8-9-24-15(3)12-18)25-21(19)16-4-6-17(23)7-5-16/h4-12H,1-3H3. The van der Waals surface area contributed by atoms with Crippen LogP contribution >= 0.6 is 11.6 Å². The van der Waals surface area contributed by atoms with Gasteiger partial charge < -0.3 is 0 Å². The number of hydrogen-bond donors (Lipinski definition) is 0. The quantitative estimate of drug-likeness (QED) is 0.494. The Morgan fingerprint density at radius 1 is 0.889 bits per heavy atom. The third-order valence-corrected chi connectivity index (χ3v) is 5.01. The van der Waals surface area contributed by atoms with Gasteiger partial charge in [-0.2, -0.15) is 9.78 Å². The summed E-state index contributed by atoms with van der Waals surface area (Å²) in [7, 11) is 0. The van der Waals surface area contributed by atoms with Crippen LogP contribution in [0.3, 0.4) is 0 Å². The van der Waals surface area contributed by atoms with Gasteiger partial charge in [-0.25, -0.2) is 0 Å². The molecule has 0 saturated heterocycles. The highest BCUT2D eigenvalue weighted by Gasteiger charge is 2.15. The van der Waals surface area contributed by atoms with Gasteiger partial charge in [-0.15, -0.1) is 0 Å². The van der Waals surface area contributed by atoms with Gasteiger partial charge in [0.05, 0.1) is 16.8 Å². The van der Waals surface area contributed by atoms with E-state index in [0.29, 0.717) is 16.1 Å². The molecule has 0 atom stereocenters. The van der Waals surface area contributed by atoms with Gasteiger partial charge in [-0.1, -0.05) is 23.7 Å². The van der Waals surface area contributed by atoms with Gasteiger partial charge in [0.25, 0.3) is 5.56 Å². The first-order valence-electron chi connectivity index (χ1n) is 8.67. The molecule has 0 saturated carbocycles. The maximum absolute atomic E-state index is 13.2. The molecule has 0 aliphatic carbocycles. The summed E-state index contributed by atoms with van der Waals surface area (Å²) in [6.45, 7) is 5.94. The number of pyridine rings is 1. The lowest BCUT2D eigenvalue weighted by Gasteiger charge is -2.13. The Morgan fingerprint density at radius 3 is 2.22 bits per heavy atom. The Morgan fingerprint density at radius 2 is 1.56 bits per heavy atom. The summed E-state index contributed by atoms with van der Waals surface area (Å²) in [5, 5.41) is 6.86. The lowest BCUT2D eigenvalue weighted by Crippen LogP contribution is -2.22. The highest BCUT2D eigenvalue weighted by atomic mass is 35.5. The molecule has 0 bridgehead atoms. The van der Waals surface area contributed by atoms with E-state index in [1.54, 1.807) is 12.3 Å². The highest BCUT2D eigenvalue weighted by Crippen LogP contribution is 2.28. The van der Waals surface area contributed by atoms with E-state index in [2.05, 4.69) is 4.98 Å². The molecular formula is C22H18ClN3O. The molecule has 0 aliphatic rings. The van der Waals surface area contributed by atoms with E-state index >= 15 is 0 Å². The predicted molar refractivity (Wildman–Crippen MR) is 110 cm³/mol. The van der Waals surface area contributed by atoms with Gasteiger partial charge in [0.2, 0.25) is 0 Å². The van der Waals surface area contributed by atoms with Gasteiger partial charge in [-0.05, 0) is 68.3 Å². The zero-order chi connectivity index (χ0) is 19.1. The Labute approximate surface area is 162 Å². The van der Waals surface area contributed by atoms with Gasteiger partial charge in [0.1, 0.15) is 0 Å². The topological polar surface area (TPSA) is 47.8 Å².